The fourth-order valence-electron chi connectivity index (χ4n) is 3.28. The molecule has 0 amide bonds. The first-order valence-corrected chi connectivity index (χ1v) is 11.5. The number of alkyl halides is 1. The molecule has 154 valence electrons. The molecule has 0 radical (unpaired) electrons. The summed E-state index contributed by atoms with van der Waals surface area (Å²) in [4.78, 5) is 18.0. The van der Waals surface area contributed by atoms with Crippen LogP contribution in [0.3, 0.4) is 0 Å². The Labute approximate surface area is 175 Å². The minimum atomic E-state index is -3.51. The van der Waals surface area contributed by atoms with Gasteiger partial charge in [-0.2, -0.15) is 4.31 Å². The molecule has 0 saturated carbocycles. The molecule has 0 fully saturated rings. The van der Waals surface area contributed by atoms with Gasteiger partial charge >= 0.3 is 0 Å². The van der Waals surface area contributed by atoms with Crippen molar-refractivity contribution in [2.75, 3.05) is 18.7 Å². The molecule has 0 saturated heterocycles. The quantitative estimate of drug-likeness (QED) is 0.535. The van der Waals surface area contributed by atoms with E-state index in [0.29, 0.717) is 28.8 Å². The van der Waals surface area contributed by atoms with Crippen molar-refractivity contribution in [1.29, 1.82) is 0 Å². The van der Waals surface area contributed by atoms with Gasteiger partial charge in [0.2, 0.25) is 10.0 Å². The summed E-state index contributed by atoms with van der Waals surface area (Å²) in [6, 6.07) is 12.9. The summed E-state index contributed by atoms with van der Waals surface area (Å²) >= 11 is 5.65. The second kappa shape index (κ2) is 8.65. The van der Waals surface area contributed by atoms with Gasteiger partial charge in [0, 0.05) is 12.9 Å². The van der Waals surface area contributed by atoms with Gasteiger partial charge < -0.3 is 0 Å². The van der Waals surface area contributed by atoms with Crippen molar-refractivity contribution in [1.82, 2.24) is 13.9 Å². The first-order valence-electron chi connectivity index (χ1n) is 9.33. The standard InChI is InChI=1S/C21H24ClN3O3S/c1-15-9-10-19(16(2)13-15)25-20(14-24(3)29(27,28)12-6-11-22)23-18-8-5-4-7-17(18)21(25)26/h4-5,7-10,13H,6,11-12,14H2,1-3H3. The molecule has 0 N–H and O–H groups in total. The fourth-order valence-corrected chi connectivity index (χ4v) is 4.70. The molecular weight excluding hydrogens is 410 g/mol. The number of aromatic nitrogens is 2. The van der Waals surface area contributed by atoms with E-state index in [1.165, 1.54) is 15.9 Å². The summed E-state index contributed by atoms with van der Waals surface area (Å²) in [7, 11) is -2.01. The molecular formula is C21H24ClN3O3S. The van der Waals surface area contributed by atoms with Crippen molar-refractivity contribution in [3.63, 3.8) is 0 Å². The van der Waals surface area contributed by atoms with E-state index in [9.17, 15) is 13.2 Å². The van der Waals surface area contributed by atoms with Gasteiger partial charge in [0.1, 0.15) is 5.82 Å². The summed E-state index contributed by atoms with van der Waals surface area (Å²) in [6.45, 7) is 3.89. The van der Waals surface area contributed by atoms with E-state index in [4.69, 9.17) is 11.6 Å². The molecule has 8 heteroatoms. The molecule has 0 atom stereocenters. The predicted octanol–water partition coefficient (Wildman–Crippen LogP) is 3.39. The summed E-state index contributed by atoms with van der Waals surface area (Å²) in [5.41, 5.74) is 3.01. The van der Waals surface area contributed by atoms with Gasteiger partial charge in [0.25, 0.3) is 5.56 Å². The number of halogens is 1. The molecule has 0 aliphatic carbocycles. The number of hydrogen-bond donors (Lipinski definition) is 0. The number of para-hydroxylation sites is 1. The molecule has 0 spiro atoms. The van der Waals surface area contributed by atoms with Crippen LogP contribution in [0.15, 0.2) is 47.3 Å². The lowest BCUT2D eigenvalue weighted by atomic mass is 10.1. The number of benzene rings is 2. The van der Waals surface area contributed by atoms with Crippen LogP contribution in [0.4, 0.5) is 0 Å². The van der Waals surface area contributed by atoms with Crippen LogP contribution in [-0.2, 0) is 16.6 Å². The Morgan fingerprint density at radius 3 is 2.55 bits per heavy atom. The highest BCUT2D eigenvalue weighted by atomic mass is 35.5. The Morgan fingerprint density at radius 2 is 1.86 bits per heavy atom. The SMILES string of the molecule is Cc1ccc(-n2c(CN(C)S(=O)(=O)CCCCl)nc3ccccc3c2=O)c(C)c1. The molecule has 0 aliphatic heterocycles. The highest BCUT2D eigenvalue weighted by molar-refractivity contribution is 7.89. The summed E-state index contributed by atoms with van der Waals surface area (Å²) in [5, 5.41) is 0.490. The van der Waals surface area contributed by atoms with Gasteiger partial charge in [-0.25, -0.2) is 13.4 Å². The maximum absolute atomic E-state index is 13.3. The topological polar surface area (TPSA) is 72.3 Å². The normalized spacial score (nSPS) is 12.0. The van der Waals surface area contributed by atoms with Crippen LogP contribution in [-0.4, -0.2) is 41.0 Å². The maximum atomic E-state index is 13.3. The van der Waals surface area contributed by atoms with Gasteiger partial charge in [-0.1, -0.05) is 29.8 Å². The second-order valence-corrected chi connectivity index (χ2v) is 9.66. The molecule has 1 aromatic heterocycles. The van der Waals surface area contributed by atoms with Crippen molar-refractivity contribution in [2.24, 2.45) is 0 Å². The predicted molar refractivity (Wildman–Crippen MR) is 117 cm³/mol. The molecule has 3 aromatic rings. The molecule has 1 heterocycles. The van der Waals surface area contributed by atoms with Crippen LogP contribution in [0.2, 0.25) is 0 Å². The van der Waals surface area contributed by atoms with E-state index in [0.717, 1.165) is 11.1 Å². The second-order valence-electron chi connectivity index (χ2n) is 7.09. The largest absolute Gasteiger partial charge is 0.268 e. The lowest BCUT2D eigenvalue weighted by molar-refractivity contribution is 0.451. The van der Waals surface area contributed by atoms with E-state index in [1.54, 1.807) is 24.3 Å². The van der Waals surface area contributed by atoms with Crippen LogP contribution in [0.5, 0.6) is 0 Å². The van der Waals surface area contributed by atoms with Crippen LogP contribution >= 0.6 is 11.6 Å². The van der Waals surface area contributed by atoms with E-state index in [-0.39, 0.29) is 23.7 Å². The van der Waals surface area contributed by atoms with E-state index in [2.05, 4.69) is 4.98 Å². The molecule has 0 unspecified atom stereocenters. The Kier molecular flexibility index (Phi) is 6.41. The van der Waals surface area contributed by atoms with E-state index < -0.39 is 10.0 Å². The zero-order chi connectivity index (χ0) is 21.2. The minimum Gasteiger partial charge on any atom is -0.268 e. The maximum Gasteiger partial charge on any atom is 0.266 e. The summed E-state index contributed by atoms with van der Waals surface area (Å²) in [6.07, 6.45) is 0.364. The Hall–Kier alpha value is -2.22. The number of fused-ring (bicyclic) bond motifs is 1. The van der Waals surface area contributed by atoms with Crippen LogP contribution < -0.4 is 5.56 Å². The van der Waals surface area contributed by atoms with Crippen molar-refractivity contribution < 1.29 is 8.42 Å². The van der Waals surface area contributed by atoms with Crippen LogP contribution in [0, 0.1) is 13.8 Å². The summed E-state index contributed by atoms with van der Waals surface area (Å²) < 4.78 is 27.9. The highest BCUT2D eigenvalue weighted by Crippen LogP contribution is 2.19. The lowest BCUT2D eigenvalue weighted by Crippen LogP contribution is -2.33. The van der Waals surface area contributed by atoms with Gasteiger partial charge in [0.15, 0.2) is 0 Å². The Morgan fingerprint density at radius 1 is 1.14 bits per heavy atom. The van der Waals surface area contributed by atoms with E-state index in [1.807, 2.05) is 32.0 Å². The third kappa shape index (κ3) is 4.52. The number of rotatable bonds is 7. The van der Waals surface area contributed by atoms with Crippen molar-refractivity contribution in [3.05, 3.63) is 69.8 Å². The van der Waals surface area contributed by atoms with Crippen LogP contribution in [0.1, 0.15) is 23.4 Å². The fraction of sp³-hybridized carbons (Fsp3) is 0.333. The van der Waals surface area contributed by atoms with Crippen LogP contribution in [0.25, 0.3) is 16.6 Å². The number of aryl methyl sites for hydroxylation is 2. The lowest BCUT2D eigenvalue weighted by Gasteiger charge is -2.21. The van der Waals surface area contributed by atoms with Crippen molar-refractivity contribution in [2.45, 2.75) is 26.8 Å². The first kappa shape index (κ1) is 21.5. The molecule has 0 aliphatic rings. The number of sulfonamides is 1. The van der Waals surface area contributed by atoms with Gasteiger partial charge in [0.05, 0.1) is 28.9 Å². The van der Waals surface area contributed by atoms with Gasteiger partial charge in [-0.05, 0) is 44.0 Å². The highest BCUT2D eigenvalue weighted by Gasteiger charge is 2.22. The zero-order valence-corrected chi connectivity index (χ0v) is 18.3. The molecule has 0 bridgehead atoms. The zero-order valence-electron chi connectivity index (χ0n) is 16.7. The smallest absolute Gasteiger partial charge is 0.266 e. The molecule has 29 heavy (non-hydrogen) atoms. The monoisotopic (exact) mass is 433 g/mol. The molecule has 2 aromatic carbocycles. The number of nitrogens with zero attached hydrogens (tertiary/aromatic N) is 3. The molecule has 6 nitrogen and oxygen atoms in total. The van der Waals surface area contributed by atoms with Gasteiger partial charge in [-0.3, -0.25) is 9.36 Å². The Bertz CT molecular complexity index is 1210. The summed E-state index contributed by atoms with van der Waals surface area (Å²) in [5.74, 6) is 0.598. The third-order valence-corrected chi connectivity index (χ3v) is 6.96. The average Bonchev–Trinajstić information content (AvgIpc) is 2.68. The number of hydrogen-bond acceptors (Lipinski definition) is 4. The first-order chi connectivity index (χ1) is 13.7. The third-order valence-electron chi connectivity index (χ3n) is 4.81. The van der Waals surface area contributed by atoms with Gasteiger partial charge in [-0.15, -0.1) is 11.6 Å². The van der Waals surface area contributed by atoms with Crippen molar-refractivity contribution >= 4 is 32.5 Å². The Balaban J connectivity index is 2.19. The average molecular weight is 434 g/mol. The molecule has 3 rings (SSSR count). The minimum absolute atomic E-state index is 0.0159. The van der Waals surface area contributed by atoms with Crippen molar-refractivity contribution in [3.8, 4) is 5.69 Å². The van der Waals surface area contributed by atoms with E-state index >= 15 is 0 Å².